The second-order valence-corrected chi connectivity index (χ2v) is 10.8. The van der Waals surface area contributed by atoms with Crippen LogP contribution in [0.5, 0.6) is 0 Å². The fourth-order valence-electron chi connectivity index (χ4n) is 4.12. The van der Waals surface area contributed by atoms with E-state index < -0.39 is 10.0 Å². The molecule has 4 aromatic rings. The Morgan fingerprint density at radius 2 is 1.73 bits per heavy atom. The molecule has 10 heteroatoms. The van der Waals surface area contributed by atoms with Crippen molar-refractivity contribution in [2.24, 2.45) is 0 Å². The highest BCUT2D eigenvalue weighted by Crippen LogP contribution is 2.30. The van der Waals surface area contributed by atoms with Crippen LogP contribution in [0, 0.1) is 20.8 Å². The predicted octanol–water partition coefficient (Wildman–Crippen LogP) is 4.58. The van der Waals surface area contributed by atoms with Gasteiger partial charge in [0.25, 0.3) is 15.9 Å². The first-order valence-electron chi connectivity index (χ1n) is 11.9. The van der Waals surface area contributed by atoms with Crippen LogP contribution in [0.1, 0.15) is 45.8 Å². The summed E-state index contributed by atoms with van der Waals surface area (Å²) in [5.41, 5.74) is 4.90. The number of carbonyl (C=O) groups is 1. The third-order valence-corrected chi connectivity index (χ3v) is 7.73. The quantitative estimate of drug-likeness (QED) is 0.364. The topological polar surface area (TPSA) is 110 Å². The molecule has 0 saturated carbocycles. The Balaban J connectivity index is 1.65. The Hall–Kier alpha value is -3.92. The van der Waals surface area contributed by atoms with Gasteiger partial charge in [-0.25, -0.2) is 18.1 Å². The second kappa shape index (κ2) is 10.2. The van der Waals surface area contributed by atoms with E-state index in [2.05, 4.69) is 14.9 Å². The number of nitrogens with zero attached hydrogens (tertiary/aromatic N) is 4. The first-order valence-corrected chi connectivity index (χ1v) is 13.4. The zero-order valence-electron chi connectivity index (χ0n) is 21.9. The second-order valence-electron chi connectivity index (χ2n) is 9.11. The Morgan fingerprint density at radius 1 is 1.05 bits per heavy atom. The molecule has 0 atom stereocenters. The van der Waals surface area contributed by atoms with Crippen LogP contribution in [0.25, 0.3) is 11.1 Å². The number of nitrogens with one attached hydrogen (secondary N) is 1. The third kappa shape index (κ3) is 5.15. The molecule has 2 aromatic carbocycles. The molecule has 37 heavy (non-hydrogen) atoms. The van der Waals surface area contributed by atoms with Gasteiger partial charge in [-0.05, 0) is 44.4 Å². The monoisotopic (exact) mass is 521 g/mol. The van der Waals surface area contributed by atoms with Crippen LogP contribution >= 0.6 is 0 Å². The number of rotatable bonds is 8. The third-order valence-electron chi connectivity index (χ3n) is 6.34. The van der Waals surface area contributed by atoms with Crippen molar-refractivity contribution >= 4 is 21.8 Å². The highest BCUT2D eigenvalue weighted by molar-refractivity contribution is 7.92. The molecule has 2 heterocycles. The summed E-state index contributed by atoms with van der Waals surface area (Å²) in [6, 6.07) is 14.4. The van der Waals surface area contributed by atoms with Crippen molar-refractivity contribution in [3.8, 4) is 11.1 Å². The number of anilines is 1. The molecule has 2 aromatic heterocycles. The fraction of sp³-hybridized carbons (Fsp3) is 0.296. The number of sulfonamides is 1. The number of benzene rings is 2. The van der Waals surface area contributed by atoms with Crippen molar-refractivity contribution in [3.63, 3.8) is 0 Å². The number of hydrogen-bond donors (Lipinski definition) is 1. The molecular formula is C27H31N5O4S. The Labute approximate surface area is 217 Å². The van der Waals surface area contributed by atoms with Crippen LogP contribution in [-0.4, -0.2) is 48.0 Å². The van der Waals surface area contributed by atoms with Gasteiger partial charge in [0.2, 0.25) is 5.88 Å². The number of aromatic nitrogens is 3. The van der Waals surface area contributed by atoms with Gasteiger partial charge in [0.1, 0.15) is 11.5 Å². The van der Waals surface area contributed by atoms with Gasteiger partial charge >= 0.3 is 0 Å². The van der Waals surface area contributed by atoms with Crippen molar-refractivity contribution in [1.82, 2.24) is 19.6 Å². The van der Waals surface area contributed by atoms with E-state index in [0.717, 1.165) is 22.6 Å². The lowest BCUT2D eigenvalue weighted by Crippen LogP contribution is -2.26. The van der Waals surface area contributed by atoms with Gasteiger partial charge in [-0.2, -0.15) is 0 Å². The first kappa shape index (κ1) is 26.2. The molecule has 4 rings (SSSR count). The molecule has 1 amide bonds. The van der Waals surface area contributed by atoms with Crippen molar-refractivity contribution in [1.29, 1.82) is 0 Å². The average molecular weight is 522 g/mol. The molecule has 0 spiro atoms. The molecule has 0 radical (unpaired) electrons. The largest absolute Gasteiger partial charge is 0.343 e. The van der Waals surface area contributed by atoms with Gasteiger partial charge in [0.05, 0.1) is 16.3 Å². The summed E-state index contributed by atoms with van der Waals surface area (Å²) in [5, 5.41) is 3.83. The predicted molar refractivity (Wildman–Crippen MR) is 142 cm³/mol. The smallest absolute Gasteiger partial charge is 0.271 e. The van der Waals surface area contributed by atoms with Crippen molar-refractivity contribution < 1.29 is 17.7 Å². The lowest BCUT2D eigenvalue weighted by atomic mass is 10.0. The summed E-state index contributed by atoms with van der Waals surface area (Å²) >= 11 is 0. The van der Waals surface area contributed by atoms with Crippen molar-refractivity contribution in [2.45, 2.75) is 45.6 Å². The minimum Gasteiger partial charge on any atom is -0.343 e. The molecule has 0 saturated heterocycles. The van der Waals surface area contributed by atoms with Crippen LogP contribution in [0.3, 0.4) is 0 Å². The highest BCUT2D eigenvalue weighted by atomic mass is 32.2. The summed E-state index contributed by atoms with van der Waals surface area (Å²) in [5.74, 6) is 0.789. The summed E-state index contributed by atoms with van der Waals surface area (Å²) in [6.45, 7) is 7.85. The number of imidazole rings is 1. The van der Waals surface area contributed by atoms with Crippen LogP contribution in [0.2, 0.25) is 0 Å². The molecule has 0 bridgehead atoms. The van der Waals surface area contributed by atoms with Gasteiger partial charge in [0, 0.05) is 31.8 Å². The van der Waals surface area contributed by atoms with Gasteiger partial charge in [-0.3, -0.25) is 4.79 Å². The number of amides is 1. The van der Waals surface area contributed by atoms with Gasteiger partial charge < -0.3 is 14.0 Å². The maximum absolute atomic E-state index is 13.2. The van der Waals surface area contributed by atoms with E-state index in [0.29, 0.717) is 35.5 Å². The van der Waals surface area contributed by atoms with Gasteiger partial charge in [-0.15, -0.1) is 0 Å². The van der Waals surface area contributed by atoms with Crippen molar-refractivity contribution in [3.05, 3.63) is 82.6 Å². The van der Waals surface area contributed by atoms with E-state index in [-0.39, 0.29) is 16.7 Å². The normalized spacial score (nSPS) is 11.5. The van der Waals surface area contributed by atoms with E-state index >= 15 is 0 Å². The van der Waals surface area contributed by atoms with E-state index in [1.54, 1.807) is 57.1 Å². The van der Waals surface area contributed by atoms with E-state index in [1.165, 1.54) is 0 Å². The molecule has 194 valence electrons. The summed E-state index contributed by atoms with van der Waals surface area (Å²) in [4.78, 5) is 19.2. The standard InChI is InChI=1S/C27H31N5O4S/c1-7-23-25(27(33)31(5)6)32(19(4)28-23)16-20-12-14-21(15-13-20)22-10-8-9-11-24(22)37(34,35)30-26-17(2)18(3)29-36-26/h8-15,30H,7,16H2,1-6H3. The van der Waals surface area contributed by atoms with Crippen LogP contribution in [-0.2, 0) is 23.0 Å². The van der Waals surface area contributed by atoms with Crippen LogP contribution < -0.4 is 4.72 Å². The van der Waals surface area contributed by atoms with Crippen LogP contribution in [0.4, 0.5) is 5.88 Å². The molecule has 0 unspecified atom stereocenters. The van der Waals surface area contributed by atoms with E-state index in [4.69, 9.17) is 4.52 Å². The minimum absolute atomic E-state index is 0.0853. The summed E-state index contributed by atoms with van der Waals surface area (Å²) < 4.78 is 36.1. The van der Waals surface area contributed by atoms with Crippen LogP contribution in [0.15, 0.2) is 57.9 Å². The maximum atomic E-state index is 13.2. The Morgan fingerprint density at radius 3 is 2.32 bits per heavy atom. The molecule has 1 N–H and O–H groups in total. The summed E-state index contributed by atoms with van der Waals surface area (Å²) in [7, 11) is -0.466. The molecule has 0 aliphatic rings. The van der Waals surface area contributed by atoms with E-state index in [1.807, 2.05) is 42.7 Å². The Bertz CT molecular complexity index is 1550. The number of aryl methyl sites for hydroxylation is 3. The minimum atomic E-state index is -3.93. The average Bonchev–Trinajstić information content (AvgIpc) is 3.36. The van der Waals surface area contributed by atoms with Gasteiger partial charge in [-0.1, -0.05) is 54.5 Å². The fourth-order valence-corrected chi connectivity index (χ4v) is 5.39. The zero-order valence-corrected chi connectivity index (χ0v) is 22.7. The lowest BCUT2D eigenvalue weighted by molar-refractivity contribution is 0.0816. The molecular weight excluding hydrogens is 490 g/mol. The Kier molecular flexibility index (Phi) is 7.22. The lowest BCUT2D eigenvalue weighted by Gasteiger charge is -2.16. The zero-order chi connectivity index (χ0) is 26.9. The SMILES string of the molecule is CCc1nc(C)n(Cc2ccc(-c3ccccc3S(=O)(=O)Nc3onc(C)c3C)cc2)c1C(=O)N(C)C. The summed E-state index contributed by atoms with van der Waals surface area (Å²) in [6.07, 6.45) is 0.661. The molecule has 0 aliphatic heterocycles. The molecule has 0 fully saturated rings. The van der Waals surface area contributed by atoms with Gasteiger partial charge in [0.15, 0.2) is 0 Å². The van der Waals surface area contributed by atoms with E-state index in [9.17, 15) is 13.2 Å². The molecule has 9 nitrogen and oxygen atoms in total. The van der Waals surface area contributed by atoms with Crippen molar-refractivity contribution in [2.75, 3.05) is 18.8 Å². The first-order chi connectivity index (χ1) is 17.5. The maximum Gasteiger partial charge on any atom is 0.271 e. The highest BCUT2D eigenvalue weighted by Gasteiger charge is 2.24. The number of hydrogen-bond acceptors (Lipinski definition) is 6. The molecule has 0 aliphatic carbocycles. The number of carbonyl (C=O) groups excluding carboxylic acids is 1.